The third-order valence-electron chi connectivity index (χ3n) is 10.2. The lowest BCUT2D eigenvalue weighted by Crippen LogP contribution is -1.98. The molecule has 0 spiro atoms. The molecule has 1 aromatic heterocycles. The fourth-order valence-corrected chi connectivity index (χ4v) is 7.80. The minimum Gasteiger partial charge on any atom is -0.292 e. The number of imidazole rings is 1. The second-order valence-electron chi connectivity index (χ2n) is 13.2. The Morgan fingerprint density at radius 3 is 1.65 bits per heavy atom. The van der Waals surface area contributed by atoms with Gasteiger partial charge in [0, 0.05) is 11.3 Å². The van der Waals surface area contributed by atoms with E-state index in [1.165, 1.54) is 65.7 Å². The fourth-order valence-electron chi connectivity index (χ4n) is 7.80. The van der Waals surface area contributed by atoms with Gasteiger partial charge in [0.25, 0.3) is 0 Å². The highest BCUT2D eigenvalue weighted by Gasteiger charge is 2.19. The molecule has 10 rings (SSSR count). The summed E-state index contributed by atoms with van der Waals surface area (Å²) in [6, 6.07) is 69.9. The van der Waals surface area contributed by atoms with Crippen LogP contribution in [0.2, 0.25) is 0 Å². The average molecular weight is 649 g/mol. The summed E-state index contributed by atoms with van der Waals surface area (Å²) in [5.74, 6) is 0.930. The molecule has 2 heteroatoms. The summed E-state index contributed by atoms with van der Waals surface area (Å²) in [7, 11) is 0. The minimum absolute atomic E-state index is 0.930. The maximum atomic E-state index is 5.19. The zero-order valence-electron chi connectivity index (χ0n) is 27.9. The van der Waals surface area contributed by atoms with Gasteiger partial charge in [0.15, 0.2) is 0 Å². The van der Waals surface area contributed by atoms with Crippen LogP contribution in [0.4, 0.5) is 0 Å². The molecule has 0 unspecified atom stereocenters. The van der Waals surface area contributed by atoms with Gasteiger partial charge < -0.3 is 0 Å². The van der Waals surface area contributed by atoms with Crippen LogP contribution >= 0.6 is 0 Å². The number of nitrogens with zero attached hydrogens (tertiary/aromatic N) is 2. The second-order valence-corrected chi connectivity index (χ2v) is 13.2. The van der Waals surface area contributed by atoms with Gasteiger partial charge in [-0.05, 0) is 96.0 Å². The third kappa shape index (κ3) is 4.92. The monoisotopic (exact) mass is 648 g/mol. The first kappa shape index (κ1) is 29.2. The van der Waals surface area contributed by atoms with Gasteiger partial charge in [-0.2, -0.15) is 0 Å². The molecule has 0 aliphatic carbocycles. The van der Waals surface area contributed by atoms with Crippen molar-refractivity contribution < 1.29 is 0 Å². The van der Waals surface area contributed by atoms with Gasteiger partial charge in [-0.3, -0.25) is 4.57 Å². The number of fused-ring (bicyclic) bond motifs is 4. The molecule has 0 saturated carbocycles. The van der Waals surface area contributed by atoms with Crippen LogP contribution in [0.5, 0.6) is 0 Å². The molecule has 0 aliphatic heterocycles. The quantitative estimate of drug-likeness (QED) is 0.170. The molecule has 2 nitrogen and oxygen atoms in total. The van der Waals surface area contributed by atoms with Crippen molar-refractivity contribution in [2.75, 3.05) is 0 Å². The molecule has 0 aliphatic rings. The van der Waals surface area contributed by atoms with Gasteiger partial charge in [0.2, 0.25) is 0 Å². The van der Waals surface area contributed by atoms with Crippen LogP contribution in [0.3, 0.4) is 0 Å². The van der Waals surface area contributed by atoms with Crippen molar-refractivity contribution in [3.8, 4) is 50.5 Å². The lowest BCUT2D eigenvalue weighted by Gasteiger charge is -2.19. The Labute approximate surface area is 296 Å². The highest BCUT2D eigenvalue weighted by molar-refractivity contribution is 6.22. The van der Waals surface area contributed by atoms with Crippen LogP contribution in [0.25, 0.3) is 93.8 Å². The van der Waals surface area contributed by atoms with Gasteiger partial charge in [-0.15, -0.1) is 0 Å². The molecule has 51 heavy (non-hydrogen) atoms. The highest BCUT2D eigenvalue weighted by Crippen LogP contribution is 2.45. The normalized spacial score (nSPS) is 11.5. The molecule has 0 atom stereocenters. The summed E-state index contributed by atoms with van der Waals surface area (Å²) in [4.78, 5) is 5.19. The zero-order valence-corrected chi connectivity index (χ0v) is 27.9. The largest absolute Gasteiger partial charge is 0.292 e. The Morgan fingerprint density at radius 2 is 0.882 bits per heavy atom. The molecule has 0 radical (unpaired) electrons. The van der Waals surface area contributed by atoms with Crippen molar-refractivity contribution in [3.63, 3.8) is 0 Å². The summed E-state index contributed by atoms with van der Waals surface area (Å²) < 4.78 is 2.29. The first-order chi connectivity index (χ1) is 25.3. The summed E-state index contributed by atoms with van der Waals surface area (Å²) in [5.41, 5.74) is 11.6. The molecule has 0 fully saturated rings. The summed E-state index contributed by atoms with van der Waals surface area (Å²) in [6.07, 6.45) is 0. The maximum Gasteiger partial charge on any atom is 0.145 e. The number of rotatable bonds is 5. The van der Waals surface area contributed by atoms with Gasteiger partial charge in [0.05, 0.1) is 11.0 Å². The number of aromatic nitrogens is 2. The van der Waals surface area contributed by atoms with E-state index in [-0.39, 0.29) is 0 Å². The van der Waals surface area contributed by atoms with E-state index in [0.29, 0.717) is 0 Å². The van der Waals surface area contributed by atoms with E-state index >= 15 is 0 Å². The van der Waals surface area contributed by atoms with Crippen LogP contribution in [0.1, 0.15) is 0 Å². The first-order valence-electron chi connectivity index (χ1n) is 17.5. The molecule has 1 heterocycles. The zero-order chi connectivity index (χ0) is 33.7. The van der Waals surface area contributed by atoms with Crippen LogP contribution in [0.15, 0.2) is 194 Å². The lowest BCUT2D eigenvalue weighted by atomic mass is 9.84. The van der Waals surface area contributed by atoms with E-state index in [0.717, 1.165) is 28.1 Å². The topological polar surface area (TPSA) is 17.8 Å². The summed E-state index contributed by atoms with van der Waals surface area (Å²) in [6.45, 7) is 0. The molecule has 10 aromatic rings. The van der Waals surface area contributed by atoms with Gasteiger partial charge >= 0.3 is 0 Å². The Kier molecular flexibility index (Phi) is 6.85. The number of hydrogen-bond donors (Lipinski definition) is 0. The van der Waals surface area contributed by atoms with E-state index in [4.69, 9.17) is 4.98 Å². The lowest BCUT2D eigenvalue weighted by molar-refractivity contribution is 1.11. The van der Waals surface area contributed by atoms with E-state index < -0.39 is 0 Å². The Morgan fingerprint density at radius 1 is 0.333 bits per heavy atom. The van der Waals surface area contributed by atoms with Crippen molar-refractivity contribution in [1.82, 2.24) is 9.55 Å². The molecule has 238 valence electrons. The van der Waals surface area contributed by atoms with E-state index in [9.17, 15) is 0 Å². The standard InChI is InChI=1S/C49H32N2/c1-3-13-33(14-4-1)39-28-30-43-44(32-39)48(35-16-5-2-6-17-35)42-20-10-9-19-41(42)47(43)36-23-25-37(26-24-36)49-50-45-21-11-12-22-46(45)51(49)40-29-27-34-15-7-8-18-38(34)31-40/h1-32H. The fraction of sp³-hybridized carbons (Fsp3) is 0. The van der Waals surface area contributed by atoms with E-state index in [1.807, 2.05) is 0 Å². The van der Waals surface area contributed by atoms with Crippen LogP contribution in [-0.2, 0) is 0 Å². The van der Waals surface area contributed by atoms with E-state index in [2.05, 4.69) is 199 Å². The minimum atomic E-state index is 0.930. The average Bonchev–Trinajstić information content (AvgIpc) is 3.60. The predicted octanol–water partition coefficient (Wildman–Crippen LogP) is 13.2. The number of benzene rings is 9. The predicted molar refractivity (Wildman–Crippen MR) is 215 cm³/mol. The first-order valence-corrected chi connectivity index (χ1v) is 17.5. The van der Waals surface area contributed by atoms with Crippen molar-refractivity contribution >= 4 is 43.4 Å². The van der Waals surface area contributed by atoms with Crippen molar-refractivity contribution in [1.29, 1.82) is 0 Å². The summed E-state index contributed by atoms with van der Waals surface area (Å²) in [5, 5.41) is 7.42. The molecule has 0 amide bonds. The Bertz CT molecular complexity index is 2880. The van der Waals surface area contributed by atoms with E-state index in [1.54, 1.807) is 0 Å². The van der Waals surface area contributed by atoms with Gasteiger partial charge in [-0.1, -0.05) is 164 Å². The molecular weight excluding hydrogens is 617 g/mol. The number of para-hydroxylation sites is 2. The van der Waals surface area contributed by atoms with Crippen LogP contribution < -0.4 is 0 Å². The van der Waals surface area contributed by atoms with Crippen molar-refractivity contribution in [2.24, 2.45) is 0 Å². The SMILES string of the molecule is c1ccc(-c2ccc3c(-c4ccc(-c5nc6ccccc6n5-c5ccc6ccccc6c5)cc4)c4ccccc4c(-c4ccccc4)c3c2)cc1. The smallest absolute Gasteiger partial charge is 0.145 e. The Balaban J connectivity index is 1.18. The second kappa shape index (κ2) is 12.0. The number of hydrogen-bond acceptors (Lipinski definition) is 1. The van der Waals surface area contributed by atoms with Crippen LogP contribution in [0, 0.1) is 0 Å². The van der Waals surface area contributed by atoms with Crippen molar-refractivity contribution in [2.45, 2.75) is 0 Å². The molecule has 0 bridgehead atoms. The highest BCUT2D eigenvalue weighted by atomic mass is 15.1. The molecule has 0 saturated heterocycles. The Hall–Kier alpha value is -6.77. The van der Waals surface area contributed by atoms with Gasteiger partial charge in [0.1, 0.15) is 5.82 Å². The molecule has 0 N–H and O–H groups in total. The van der Waals surface area contributed by atoms with Crippen LogP contribution in [-0.4, -0.2) is 9.55 Å². The van der Waals surface area contributed by atoms with Crippen molar-refractivity contribution in [3.05, 3.63) is 194 Å². The molecular formula is C49H32N2. The summed E-state index contributed by atoms with van der Waals surface area (Å²) >= 11 is 0. The third-order valence-corrected chi connectivity index (χ3v) is 10.2. The maximum absolute atomic E-state index is 5.19. The van der Waals surface area contributed by atoms with Gasteiger partial charge in [-0.25, -0.2) is 4.98 Å². The molecule has 9 aromatic carbocycles.